The fourth-order valence-electron chi connectivity index (χ4n) is 3.51. The Hall–Kier alpha value is -2.34. The summed E-state index contributed by atoms with van der Waals surface area (Å²) in [5.74, 6) is 1.08. The van der Waals surface area contributed by atoms with Gasteiger partial charge < -0.3 is 14.6 Å². The number of halogens is 1. The highest BCUT2D eigenvalue weighted by molar-refractivity contribution is 9.10. The predicted molar refractivity (Wildman–Crippen MR) is 109 cm³/mol. The topological polar surface area (TPSA) is 58.4 Å². The fraction of sp³-hybridized carbons (Fsp3) is 0.333. The normalized spacial score (nSPS) is 15.2. The second-order valence-corrected chi connectivity index (χ2v) is 7.71. The summed E-state index contributed by atoms with van der Waals surface area (Å²) in [6, 6.07) is 15.9. The molecule has 1 fully saturated rings. The van der Waals surface area contributed by atoms with Gasteiger partial charge in [0.05, 0.1) is 0 Å². The molecule has 1 N–H and O–H groups in total. The van der Waals surface area contributed by atoms with Crippen LogP contribution < -0.4 is 5.32 Å². The van der Waals surface area contributed by atoms with E-state index >= 15 is 0 Å². The highest BCUT2D eigenvalue weighted by Crippen LogP contribution is 2.29. The van der Waals surface area contributed by atoms with Gasteiger partial charge in [-0.1, -0.05) is 46.3 Å². The Morgan fingerprint density at radius 2 is 1.89 bits per heavy atom. The molecule has 0 bridgehead atoms. The first-order valence-corrected chi connectivity index (χ1v) is 10.1. The Labute approximate surface area is 166 Å². The maximum Gasteiger partial charge on any atom is 0.317 e. The summed E-state index contributed by atoms with van der Waals surface area (Å²) in [6.07, 6.45) is 2.57. The largest absolute Gasteiger partial charge is 0.440 e. The summed E-state index contributed by atoms with van der Waals surface area (Å²) in [5.41, 5.74) is 2.94. The zero-order chi connectivity index (χ0) is 18.6. The number of aromatic nitrogens is 1. The molecule has 0 unspecified atom stereocenters. The number of benzene rings is 2. The number of urea groups is 1. The zero-order valence-corrected chi connectivity index (χ0v) is 16.6. The van der Waals surface area contributed by atoms with Gasteiger partial charge in [0.25, 0.3) is 0 Å². The van der Waals surface area contributed by atoms with Crippen LogP contribution in [0.15, 0.2) is 57.4 Å². The Bertz CT molecular complexity index is 899. The minimum Gasteiger partial charge on any atom is -0.440 e. The van der Waals surface area contributed by atoms with Gasteiger partial charge in [0.15, 0.2) is 11.5 Å². The molecule has 1 aliphatic rings. The zero-order valence-electron chi connectivity index (χ0n) is 15.0. The van der Waals surface area contributed by atoms with Gasteiger partial charge in [0.2, 0.25) is 0 Å². The molecular weight excluding hydrogens is 406 g/mol. The summed E-state index contributed by atoms with van der Waals surface area (Å²) in [5, 5.41) is 3.03. The Kier molecular flexibility index (Phi) is 5.43. The number of oxazole rings is 1. The van der Waals surface area contributed by atoms with Crippen LogP contribution >= 0.6 is 15.9 Å². The molecular formula is C21H22BrN3O2. The molecule has 2 aromatic carbocycles. The van der Waals surface area contributed by atoms with E-state index in [2.05, 4.69) is 32.3 Å². The molecule has 27 heavy (non-hydrogen) atoms. The van der Waals surface area contributed by atoms with E-state index in [1.807, 2.05) is 47.4 Å². The Morgan fingerprint density at radius 3 is 2.67 bits per heavy atom. The number of amides is 2. The number of likely N-dealkylation sites (tertiary alicyclic amines) is 1. The Morgan fingerprint density at radius 1 is 1.15 bits per heavy atom. The van der Waals surface area contributed by atoms with Crippen LogP contribution in [-0.2, 0) is 6.42 Å². The maximum absolute atomic E-state index is 12.4. The van der Waals surface area contributed by atoms with Crippen LogP contribution in [0.3, 0.4) is 0 Å². The second-order valence-electron chi connectivity index (χ2n) is 6.85. The molecule has 0 atom stereocenters. The molecule has 0 spiro atoms. The van der Waals surface area contributed by atoms with Crippen molar-refractivity contribution in [2.24, 2.45) is 0 Å². The van der Waals surface area contributed by atoms with Crippen LogP contribution in [0.2, 0.25) is 0 Å². The smallest absolute Gasteiger partial charge is 0.317 e. The van der Waals surface area contributed by atoms with E-state index in [0.717, 1.165) is 53.8 Å². The number of piperidine rings is 1. The van der Waals surface area contributed by atoms with Crippen molar-refractivity contribution < 1.29 is 9.21 Å². The molecule has 3 aromatic rings. The Balaban J connectivity index is 1.27. The number of nitrogens with zero attached hydrogens (tertiary/aromatic N) is 2. The van der Waals surface area contributed by atoms with Crippen molar-refractivity contribution in [3.63, 3.8) is 0 Å². The van der Waals surface area contributed by atoms with Gasteiger partial charge in [-0.15, -0.1) is 0 Å². The van der Waals surface area contributed by atoms with Crippen LogP contribution in [0.1, 0.15) is 30.2 Å². The summed E-state index contributed by atoms with van der Waals surface area (Å²) >= 11 is 3.54. The van der Waals surface area contributed by atoms with Gasteiger partial charge in [0.1, 0.15) is 5.52 Å². The first-order valence-electron chi connectivity index (χ1n) is 9.32. The quantitative estimate of drug-likeness (QED) is 0.654. The van der Waals surface area contributed by atoms with E-state index in [9.17, 15) is 4.79 Å². The lowest BCUT2D eigenvalue weighted by Gasteiger charge is -2.30. The SMILES string of the molecule is O=C(NCCc1ccccc1Br)N1CCC(c2nc3ccccc3o2)CC1. The molecule has 140 valence electrons. The van der Waals surface area contributed by atoms with Crippen LogP contribution in [0, 0.1) is 0 Å². The lowest BCUT2D eigenvalue weighted by Crippen LogP contribution is -2.44. The molecule has 5 nitrogen and oxygen atoms in total. The monoisotopic (exact) mass is 427 g/mol. The third kappa shape index (κ3) is 4.16. The minimum absolute atomic E-state index is 0.0121. The third-order valence-electron chi connectivity index (χ3n) is 5.07. The number of hydrogen-bond donors (Lipinski definition) is 1. The number of carbonyl (C=O) groups excluding carboxylic acids is 1. The van der Waals surface area contributed by atoms with Crippen molar-refractivity contribution in [1.82, 2.24) is 15.2 Å². The summed E-state index contributed by atoms with van der Waals surface area (Å²) in [7, 11) is 0. The van der Waals surface area contributed by atoms with Crippen LogP contribution in [0.5, 0.6) is 0 Å². The van der Waals surface area contributed by atoms with Gasteiger partial charge in [-0.2, -0.15) is 0 Å². The van der Waals surface area contributed by atoms with E-state index in [-0.39, 0.29) is 11.9 Å². The minimum atomic E-state index is 0.0121. The highest BCUT2D eigenvalue weighted by Gasteiger charge is 2.26. The molecule has 0 radical (unpaired) electrons. The fourth-order valence-corrected chi connectivity index (χ4v) is 3.99. The van der Waals surface area contributed by atoms with E-state index < -0.39 is 0 Å². The second kappa shape index (κ2) is 8.13. The third-order valence-corrected chi connectivity index (χ3v) is 5.84. The predicted octanol–water partition coefficient (Wildman–Crippen LogP) is 4.72. The van der Waals surface area contributed by atoms with Gasteiger partial charge in [-0.05, 0) is 43.0 Å². The molecule has 0 saturated carbocycles. The average Bonchev–Trinajstić information content (AvgIpc) is 3.14. The van der Waals surface area contributed by atoms with E-state index in [1.54, 1.807) is 0 Å². The van der Waals surface area contributed by atoms with Crippen LogP contribution in [0.4, 0.5) is 4.79 Å². The molecule has 0 aliphatic carbocycles. The standard InChI is InChI=1S/C21H22BrN3O2/c22-17-6-2-1-5-15(17)9-12-23-21(26)25-13-10-16(11-14-25)20-24-18-7-3-4-8-19(18)27-20/h1-8,16H,9-14H2,(H,23,26). The molecule has 6 heteroatoms. The number of fused-ring (bicyclic) bond motifs is 1. The number of carbonyl (C=O) groups is 1. The number of hydrogen-bond acceptors (Lipinski definition) is 3. The van der Waals surface area contributed by atoms with Crippen molar-refractivity contribution in [3.8, 4) is 0 Å². The molecule has 1 aliphatic heterocycles. The first-order chi connectivity index (χ1) is 13.2. The highest BCUT2D eigenvalue weighted by atomic mass is 79.9. The van der Waals surface area contributed by atoms with Crippen molar-refractivity contribution in [1.29, 1.82) is 0 Å². The van der Waals surface area contributed by atoms with Crippen molar-refractivity contribution in [3.05, 3.63) is 64.5 Å². The van der Waals surface area contributed by atoms with Gasteiger partial charge in [-0.3, -0.25) is 0 Å². The summed E-state index contributed by atoms with van der Waals surface area (Å²) < 4.78 is 6.98. The number of para-hydroxylation sites is 2. The number of rotatable bonds is 4. The number of nitrogens with one attached hydrogen (secondary N) is 1. The van der Waals surface area contributed by atoms with E-state index in [4.69, 9.17) is 4.42 Å². The molecule has 2 amide bonds. The van der Waals surface area contributed by atoms with E-state index in [1.165, 1.54) is 5.56 Å². The van der Waals surface area contributed by atoms with Crippen molar-refractivity contribution in [2.45, 2.75) is 25.2 Å². The first kappa shape index (κ1) is 18.0. The van der Waals surface area contributed by atoms with Crippen LogP contribution in [-0.4, -0.2) is 35.5 Å². The van der Waals surface area contributed by atoms with Crippen LogP contribution in [0.25, 0.3) is 11.1 Å². The maximum atomic E-state index is 12.4. The molecule has 4 rings (SSSR count). The lowest BCUT2D eigenvalue weighted by atomic mass is 9.97. The molecule has 1 aromatic heterocycles. The molecule has 2 heterocycles. The average molecular weight is 428 g/mol. The molecule has 1 saturated heterocycles. The van der Waals surface area contributed by atoms with E-state index in [0.29, 0.717) is 6.54 Å². The van der Waals surface area contributed by atoms with Gasteiger partial charge >= 0.3 is 6.03 Å². The summed E-state index contributed by atoms with van der Waals surface area (Å²) in [4.78, 5) is 18.9. The lowest BCUT2D eigenvalue weighted by molar-refractivity contribution is 0.178. The van der Waals surface area contributed by atoms with Crippen molar-refractivity contribution >= 4 is 33.1 Å². The summed E-state index contributed by atoms with van der Waals surface area (Å²) in [6.45, 7) is 2.08. The van der Waals surface area contributed by atoms with Gasteiger partial charge in [-0.25, -0.2) is 9.78 Å². The van der Waals surface area contributed by atoms with Gasteiger partial charge in [0, 0.05) is 30.0 Å². The van der Waals surface area contributed by atoms with Crippen molar-refractivity contribution in [2.75, 3.05) is 19.6 Å².